The molecule has 2 unspecified atom stereocenters. The van der Waals surface area contributed by atoms with Gasteiger partial charge in [0.1, 0.15) is 11.5 Å². The fourth-order valence-electron chi connectivity index (χ4n) is 4.64. The lowest BCUT2D eigenvalue weighted by Gasteiger charge is -2.24. The predicted octanol–water partition coefficient (Wildman–Crippen LogP) is 7.12. The van der Waals surface area contributed by atoms with Crippen LogP contribution in [0.2, 0.25) is 0 Å². The molecule has 2 aromatic carbocycles. The molecule has 2 N–H and O–H groups in total. The minimum atomic E-state index is 0.195. The summed E-state index contributed by atoms with van der Waals surface area (Å²) in [5.74, 6) is 0.551. The Morgan fingerprint density at radius 2 is 1.15 bits per heavy atom. The van der Waals surface area contributed by atoms with Crippen LogP contribution in [-0.2, 0) is 12.8 Å². The van der Waals surface area contributed by atoms with Gasteiger partial charge < -0.3 is 10.2 Å². The predicted molar refractivity (Wildman–Crippen MR) is 144 cm³/mol. The van der Waals surface area contributed by atoms with Gasteiger partial charge in [-0.3, -0.25) is 9.98 Å². The summed E-state index contributed by atoms with van der Waals surface area (Å²) in [6, 6.07) is 12.0. The summed E-state index contributed by atoms with van der Waals surface area (Å²) in [6.07, 6.45) is 9.62. The van der Waals surface area contributed by atoms with Gasteiger partial charge in [0.25, 0.3) is 0 Å². The molecule has 1 fully saturated rings. The zero-order chi connectivity index (χ0) is 24.9. The van der Waals surface area contributed by atoms with E-state index in [9.17, 15) is 10.2 Å². The number of hydrogen-bond acceptors (Lipinski definition) is 4. The third-order valence-corrected chi connectivity index (χ3v) is 6.12. The molecule has 1 aliphatic rings. The fraction of sp³-hybridized carbons (Fsp3) is 0.533. The maximum absolute atomic E-state index is 10.3. The van der Waals surface area contributed by atoms with Crippen LogP contribution in [0.4, 0.5) is 0 Å². The van der Waals surface area contributed by atoms with Gasteiger partial charge in [0.15, 0.2) is 0 Å². The smallest absolute Gasteiger partial charge is 0.124 e. The lowest BCUT2D eigenvalue weighted by Crippen LogP contribution is -2.21. The highest BCUT2D eigenvalue weighted by atomic mass is 16.3. The molecule has 4 nitrogen and oxygen atoms in total. The van der Waals surface area contributed by atoms with Gasteiger partial charge in [-0.2, -0.15) is 0 Å². The first-order valence-corrected chi connectivity index (χ1v) is 12.6. The van der Waals surface area contributed by atoms with Crippen molar-refractivity contribution in [3.05, 3.63) is 58.7 Å². The molecule has 0 amide bonds. The first-order valence-electron chi connectivity index (χ1n) is 12.6. The van der Waals surface area contributed by atoms with Crippen molar-refractivity contribution in [2.75, 3.05) is 0 Å². The second kappa shape index (κ2) is 10.8. The van der Waals surface area contributed by atoms with Crippen LogP contribution in [0.1, 0.15) is 89.5 Å². The normalized spacial score (nSPS) is 19.8. The molecule has 3 rings (SSSR count). The summed E-state index contributed by atoms with van der Waals surface area (Å²) in [6.45, 7) is 13.3. The van der Waals surface area contributed by atoms with Crippen LogP contribution in [0.5, 0.6) is 11.5 Å². The number of phenolic OH excluding ortho intramolecular Hbond substituents is 2. The average Bonchev–Trinajstić information content (AvgIpc) is 2.73. The molecule has 4 heteroatoms. The van der Waals surface area contributed by atoms with Crippen molar-refractivity contribution < 1.29 is 10.2 Å². The lowest BCUT2D eigenvalue weighted by atomic mass is 9.87. The number of rotatable bonds is 6. The van der Waals surface area contributed by atoms with Gasteiger partial charge in [-0.25, -0.2) is 0 Å². The summed E-state index contributed by atoms with van der Waals surface area (Å²) in [5, 5.41) is 20.6. The quantitative estimate of drug-likeness (QED) is 0.449. The molecule has 34 heavy (non-hydrogen) atoms. The van der Waals surface area contributed by atoms with Gasteiger partial charge in [-0.05, 0) is 84.7 Å². The maximum atomic E-state index is 10.3. The molecule has 0 saturated heterocycles. The van der Waals surface area contributed by atoms with E-state index in [0.717, 1.165) is 49.7 Å². The standard InChI is InChI=1S/C30H42N2O2/c1-29(2,3)17-21-10-12-27(33)23(14-21)19-31-25-8-7-9-26(16-25)32-20-24-15-22(11-13-28(24)34)18-30(4,5)6/h10-15,19-20,25-26,33-34H,7-9,16-18H2,1-6H3. The van der Waals surface area contributed by atoms with Crippen LogP contribution in [-0.4, -0.2) is 34.7 Å². The largest absolute Gasteiger partial charge is 0.507 e. The summed E-state index contributed by atoms with van der Waals surface area (Å²) in [5.41, 5.74) is 4.39. The summed E-state index contributed by atoms with van der Waals surface area (Å²) in [4.78, 5) is 9.64. The Kier molecular flexibility index (Phi) is 8.22. The van der Waals surface area contributed by atoms with E-state index in [1.165, 1.54) is 11.1 Å². The summed E-state index contributed by atoms with van der Waals surface area (Å²) < 4.78 is 0. The number of aliphatic imine (C=N–C) groups is 2. The van der Waals surface area contributed by atoms with Crippen molar-refractivity contribution in [2.24, 2.45) is 20.8 Å². The molecule has 0 radical (unpaired) electrons. The van der Waals surface area contributed by atoms with E-state index in [2.05, 4.69) is 53.7 Å². The van der Waals surface area contributed by atoms with Crippen LogP contribution in [0, 0.1) is 10.8 Å². The van der Waals surface area contributed by atoms with Crippen molar-refractivity contribution in [2.45, 2.75) is 92.2 Å². The third kappa shape index (κ3) is 8.30. The van der Waals surface area contributed by atoms with Crippen molar-refractivity contribution in [1.29, 1.82) is 0 Å². The molecule has 1 aliphatic carbocycles. The summed E-state index contributed by atoms with van der Waals surface area (Å²) >= 11 is 0. The molecule has 184 valence electrons. The monoisotopic (exact) mass is 462 g/mol. The van der Waals surface area contributed by atoms with E-state index in [0.29, 0.717) is 0 Å². The Morgan fingerprint density at radius 3 is 1.53 bits per heavy atom. The SMILES string of the molecule is CC(C)(C)Cc1ccc(O)c(C=NC2CCCC(N=Cc3cc(CC(C)(C)C)ccc3O)C2)c1. The number of nitrogens with zero attached hydrogens (tertiary/aromatic N) is 2. The molecule has 2 aromatic rings. The minimum absolute atomic E-state index is 0.195. The van der Waals surface area contributed by atoms with E-state index in [1.54, 1.807) is 12.1 Å². The zero-order valence-corrected chi connectivity index (χ0v) is 21.8. The molecule has 1 saturated carbocycles. The van der Waals surface area contributed by atoms with Crippen molar-refractivity contribution >= 4 is 12.4 Å². The molecule has 0 heterocycles. The number of benzene rings is 2. The Balaban J connectivity index is 1.66. The number of phenols is 2. The Bertz CT molecular complexity index is 944. The molecule has 0 aromatic heterocycles. The Morgan fingerprint density at radius 1 is 0.735 bits per heavy atom. The van der Waals surface area contributed by atoms with Crippen molar-refractivity contribution in [1.82, 2.24) is 0 Å². The van der Waals surface area contributed by atoms with E-state index in [4.69, 9.17) is 9.98 Å². The van der Waals surface area contributed by atoms with Crippen molar-refractivity contribution in [3.8, 4) is 11.5 Å². The topological polar surface area (TPSA) is 65.2 Å². The second-order valence-corrected chi connectivity index (χ2v) is 12.3. The first-order chi connectivity index (χ1) is 15.9. The molecule has 0 aliphatic heterocycles. The molecule has 0 spiro atoms. The average molecular weight is 463 g/mol. The molecular weight excluding hydrogens is 420 g/mol. The highest BCUT2D eigenvalue weighted by molar-refractivity contribution is 5.84. The number of aromatic hydroxyl groups is 2. The van der Waals surface area contributed by atoms with Crippen molar-refractivity contribution in [3.63, 3.8) is 0 Å². The second-order valence-electron chi connectivity index (χ2n) is 12.3. The first kappa shape index (κ1) is 26.0. The van der Waals surface area contributed by atoms with E-state index < -0.39 is 0 Å². The van der Waals surface area contributed by atoms with Crippen LogP contribution in [0.15, 0.2) is 46.4 Å². The van der Waals surface area contributed by atoms with Gasteiger partial charge in [-0.15, -0.1) is 0 Å². The summed E-state index contributed by atoms with van der Waals surface area (Å²) in [7, 11) is 0. The molecule has 2 atom stereocenters. The lowest BCUT2D eigenvalue weighted by molar-refractivity contribution is 0.397. The van der Waals surface area contributed by atoms with Crippen LogP contribution in [0.3, 0.4) is 0 Å². The van der Waals surface area contributed by atoms with Crippen LogP contribution < -0.4 is 0 Å². The van der Waals surface area contributed by atoms with E-state index in [-0.39, 0.29) is 34.4 Å². The van der Waals surface area contributed by atoms with E-state index >= 15 is 0 Å². The van der Waals surface area contributed by atoms with Gasteiger partial charge in [-0.1, -0.05) is 53.7 Å². The third-order valence-electron chi connectivity index (χ3n) is 6.12. The molecule has 0 bridgehead atoms. The van der Waals surface area contributed by atoms with Gasteiger partial charge in [0.2, 0.25) is 0 Å². The molecular formula is C30H42N2O2. The Hall–Kier alpha value is -2.62. The highest BCUT2D eigenvalue weighted by Crippen LogP contribution is 2.28. The van der Waals surface area contributed by atoms with Gasteiger partial charge in [0.05, 0.1) is 12.1 Å². The highest BCUT2D eigenvalue weighted by Gasteiger charge is 2.21. The van der Waals surface area contributed by atoms with Crippen LogP contribution in [0.25, 0.3) is 0 Å². The fourth-order valence-corrected chi connectivity index (χ4v) is 4.64. The number of hydrogen-bond donors (Lipinski definition) is 2. The van der Waals surface area contributed by atoms with Crippen LogP contribution >= 0.6 is 0 Å². The Labute approximate surface area is 205 Å². The van der Waals surface area contributed by atoms with Gasteiger partial charge >= 0.3 is 0 Å². The zero-order valence-electron chi connectivity index (χ0n) is 21.8. The maximum Gasteiger partial charge on any atom is 0.124 e. The minimum Gasteiger partial charge on any atom is -0.507 e. The van der Waals surface area contributed by atoms with E-state index in [1.807, 2.05) is 24.6 Å². The van der Waals surface area contributed by atoms with Gasteiger partial charge in [0, 0.05) is 23.6 Å².